The van der Waals surface area contributed by atoms with E-state index in [1.165, 1.54) is 12.1 Å². The van der Waals surface area contributed by atoms with E-state index in [2.05, 4.69) is 19.7 Å². The van der Waals surface area contributed by atoms with Crippen molar-refractivity contribution in [1.29, 1.82) is 0 Å². The standard InChI is InChI=1S/C17H17N3O5S/c1-9-7-18-14(10(2)15(9)24-3)8-26(23)16-19-12-5-4-11(25-17(21)22)6-13(12)20-16/h4-7H,8H2,1-3H3,(H,19,20)(H,21,22). The molecule has 0 saturated carbocycles. The first-order valence-corrected chi connectivity index (χ1v) is 8.99. The SMILES string of the molecule is COc1c(C)cnc(C[S+]([O-])c2nc3cc(OC(=O)O)ccc3[nH]2)c1C. The molecular formula is C17H17N3O5S. The number of aryl methyl sites for hydroxylation is 1. The van der Waals surface area contributed by atoms with Crippen molar-refractivity contribution in [2.24, 2.45) is 0 Å². The van der Waals surface area contributed by atoms with Crippen molar-refractivity contribution in [1.82, 2.24) is 15.0 Å². The Morgan fingerprint density at radius 3 is 2.85 bits per heavy atom. The number of nitrogens with one attached hydrogen (secondary N) is 1. The van der Waals surface area contributed by atoms with Gasteiger partial charge < -0.3 is 19.1 Å². The molecule has 9 heteroatoms. The second-order valence-corrected chi connectivity index (χ2v) is 6.99. The summed E-state index contributed by atoms with van der Waals surface area (Å²) in [5.74, 6) is 1.06. The maximum Gasteiger partial charge on any atom is 0.511 e. The Kier molecular flexibility index (Phi) is 5.01. The predicted octanol–water partition coefficient (Wildman–Crippen LogP) is 2.95. The lowest BCUT2D eigenvalue weighted by molar-refractivity contribution is 0.144. The van der Waals surface area contributed by atoms with Crippen molar-refractivity contribution < 1.29 is 23.9 Å². The van der Waals surface area contributed by atoms with Gasteiger partial charge in [0.2, 0.25) is 0 Å². The molecule has 0 fully saturated rings. The minimum atomic E-state index is -1.45. The summed E-state index contributed by atoms with van der Waals surface area (Å²) in [4.78, 5) is 22.2. The summed E-state index contributed by atoms with van der Waals surface area (Å²) in [5, 5.41) is 8.95. The second-order valence-electron chi connectivity index (χ2n) is 5.62. The van der Waals surface area contributed by atoms with Crippen LogP contribution in [0.25, 0.3) is 11.0 Å². The van der Waals surface area contributed by atoms with Crippen LogP contribution in [0.4, 0.5) is 4.79 Å². The molecule has 0 radical (unpaired) electrons. The van der Waals surface area contributed by atoms with Crippen LogP contribution in [0.3, 0.4) is 0 Å². The number of ether oxygens (including phenoxy) is 2. The van der Waals surface area contributed by atoms with Gasteiger partial charge in [-0.15, -0.1) is 0 Å². The highest BCUT2D eigenvalue weighted by Crippen LogP contribution is 2.27. The molecule has 2 heterocycles. The molecule has 2 N–H and O–H groups in total. The molecular weight excluding hydrogens is 358 g/mol. The van der Waals surface area contributed by atoms with E-state index in [0.717, 1.165) is 16.9 Å². The molecule has 136 valence electrons. The van der Waals surface area contributed by atoms with Crippen LogP contribution in [0, 0.1) is 13.8 Å². The van der Waals surface area contributed by atoms with E-state index in [1.807, 2.05) is 13.8 Å². The summed E-state index contributed by atoms with van der Waals surface area (Å²) in [5.41, 5.74) is 3.53. The Labute approximate surface area is 152 Å². The van der Waals surface area contributed by atoms with Crippen LogP contribution in [0.5, 0.6) is 11.5 Å². The number of H-pyrrole nitrogens is 1. The molecule has 1 unspecified atom stereocenters. The zero-order chi connectivity index (χ0) is 18.8. The van der Waals surface area contributed by atoms with Gasteiger partial charge in [0.25, 0.3) is 0 Å². The molecule has 0 saturated heterocycles. The minimum absolute atomic E-state index is 0.148. The van der Waals surface area contributed by atoms with Crippen molar-refractivity contribution >= 4 is 28.4 Å². The molecule has 0 aliphatic rings. The van der Waals surface area contributed by atoms with Crippen molar-refractivity contribution in [3.05, 3.63) is 41.2 Å². The summed E-state index contributed by atoms with van der Waals surface area (Å²) in [6, 6.07) is 4.59. The summed E-state index contributed by atoms with van der Waals surface area (Å²) in [6.45, 7) is 3.77. The number of aromatic amines is 1. The number of benzene rings is 1. The number of carboxylic acid groups (broad SMARTS) is 1. The summed E-state index contributed by atoms with van der Waals surface area (Å²) in [7, 11) is 1.59. The molecule has 0 bridgehead atoms. The number of carbonyl (C=O) groups is 1. The van der Waals surface area contributed by atoms with Crippen molar-refractivity contribution in [2.75, 3.05) is 7.11 Å². The van der Waals surface area contributed by atoms with E-state index in [1.54, 1.807) is 19.4 Å². The molecule has 3 rings (SSSR count). The van der Waals surface area contributed by atoms with Gasteiger partial charge in [-0.2, -0.15) is 4.98 Å². The third kappa shape index (κ3) is 3.58. The number of pyridine rings is 1. The van der Waals surface area contributed by atoms with Crippen molar-refractivity contribution in [2.45, 2.75) is 24.8 Å². The van der Waals surface area contributed by atoms with E-state index < -0.39 is 17.3 Å². The number of hydrogen-bond donors (Lipinski definition) is 2. The molecule has 1 atom stereocenters. The first kappa shape index (κ1) is 18.0. The number of imidazole rings is 1. The quantitative estimate of drug-likeness (QED) is 0.399. The van der Waals surface area contributed by atoms with Gasteiger partial charge in [-0.3, -0.25) is 9.97 Å². The van der Waals surface area contributed by atoms with Crippen molar-refractivity contribution in [3.8, 4) is 11.5 Å². The average molecular weight is 375 g/mol. The van der Waals surface area contributed by atoms with Crippen molar-refractivity contribution in [3.63, 3.8) is 0 Å². The first-order chi connectivity index (χ1) is 12.4. The highest BCUT2D eigenvalue weighted by atomic mass is 32.2. The largest absolute Gasteiger partial charge is 0.609 e. The Morgan fingerprint density at radius 2 is 2.15 bits per heavy atom. The number of fused-ring (bicyclic) bond motifs is 1. The minimum Gasteiger partial charge on any atom is -0.609 e. The van der Waals surface area contributed by atoms with Gasteiger partial charge in [-0.1, -0.05) is 0 Å². The number of nitrogens with zero attached hydrogens (tertiary/aromatic N) is 2. The number of aromatic nitrogens is 3. The van der Waals surface area contributed by atoms with Crippen LogP contribution < -0.4 is 9.47 Å². The highest BCUT2D eigenvalue weighted by Gasteiger charge is 2.21. The van der Waals surface area contributed by atoms with Gasteiger partial charge >= 0.3 is 11.3 Å². The normalized spacial score (nSPS) is 12.2. The zero-order valence-electron chi connectivity index (χ0n) is 14.4. The van der Waals surface area contributed by atoms with Crippen LogP contribution in [0.15, 0.2) is 29.6 Å². The monoisotopic (exact) mass is 375 g/mol. The smallest absolute Gasteiger partial charge is 0.511 e. The van der Waals surface area contributed by atoms with Gasteiger partial charge in [0, 0.05) is 34.6 Å². The second kappa shape index (κ2) is 7.22. The van der Waals surface area contributed by atoms with Gasteiger partial charge in [-0.25, -0.2) is 4.79 Å². The fraction of sp³-hybridized carbons (Fsp3) is 0.235. The zero-order valence-corrected chi connectivity index (χ0v) is 15.2. The molecule has 0 amide bonds. The predicted molar refractivity (Wildman–Crippen MR) is 95.1 cm³/mol. The summed E-state index contributed by atoms with van der Waals surface area (Å²) >= 11 is -1.45. The van der Waals surface area contributed by atoms with Crippen LogP contribution in [-0.2, 0) is 16.9 Å². The topological polar surface area (TPSA) is 120 Å². The van der Waals surface area contributed by atoms with Crippen LogP contribution in [0.2, 0.25) is 0 Å². The molecule has 2 aromatic heterocycles. The third-order valence-electron chi connectivity index (χ3n) is 3.87. The Morgan fingerprint density at radius 1 is 1.38 bits per heavy atom. The lowest BCUT2D eigenvalue weighted by Crippen LogP contribution is -2.10. The van der Waals surface area contributed by atoms with Gasteiger partial charge in [0.05, 0.1) is 23.8 Å². The van der Waals surface area contributed by atoms with Crippen LogP contribution >= 0.6 is 0 Å². The van der Waals surface area contributed by atoms with E-state index in [4.69, 9.17) is 9.84 Å². The molecule has 3 aromatic rings. The van der Waals surface area contributed by atoms with Gasteiger partial charge in [0.15, 0.2) is 5.75 Å². The fourth-order valence-electron chi connectivity index (χ4n) is 2.64. The van der Waals surface area contributed by atoms with Crippen LogP contribution in [0.1, 0.15) is 16.8 Å². The lowest BCUT2D eigenvalue weighted by atomic mass is 10.1. The average Bonchev–Trinajstić information content (AvgIpc) is 3.01. The van der Waals surface area contributed by atoms with Crippen LogP contribution in [-0.4, -0.2) is 37.9 Å². The van der Waals surface area contributed by atoms with Gasteiger partial charge in [0.1, 0.15) is 11.5 Å². The summed E-state index contributed by atoms with van der Waals surface area (Å²) < 4.78 is 22.7. The lowest BCUT2D eigenvalue weighted by Gasteiger charge is -2.13. The summed E-state index contributed by atoms with van der Waals surface area (Å²) in [6.07, 6.45) is 0.283. The molecule has 1 aromatic carbocycles. The molecule has 8 nitrogen and oxygen atoms in total. The highest BCUT2D eigenvalue weighted by molar-refractivity contribution is 7.90. The van der Waals surface area contributed by atoms with E-state index >= 15 is 0 Å². The number of hydrogen-bond acceptors (Lipinski definition) is 6. The molecule has 0 aliphatic heterocycles. The molecule has 26 heavy (non-hydrogen) atoms. The van der Waals surface area contributed by atoms with E-state index in [-0.39, 0.29) is 16.7 Å². The van der Waals surface area contributed by atoms with E-state index in [9.17, 15) is 9.35 Å². The third-order valence-corrected chi connectivity index (χ3v) is 5.03. The number of rotatable bonds is 5. The Balaban J connectivity index is 1.86. The first-order valence-electron chi connectivity index (χ1n) is 7.67. The van der Waals surface area contributed by atoms with Gasteiger partial charge in [-0.05, 0) is 26.0 Å². The molecule has 0 aliphatic carbocycles. The maximum atomic E-state index is 12.7. The Hall–Kier alpha value is -2.78. The molecule has 0 spiro atoms. The maximum absolute atomic E-state index is 12.7. The fourth-order valence-corrected chi connectivity index (χ4v) is 3.74. The number of methoxy groups -OCH3 is 1. The van der Waals surface area contributed by atoms with E-state index in [0.29, 0.717) is 16.7 Å². The Bertz CT molecular complexity index is 972.